The summed E-state index contributed by atoms with van der Waals surface area (Å²) in [5.41, 5.74) is 0.410. The summed E-state index contributed by atoms with van der Waals surface area (Å²) < 4.78 is 56.6. The Bertz CT molecular complexity index is 1080. The van der Waals surface area contributed by atoms with E-state index in [9.17, 15) is 22.0 Å². The van der Waals surface area contributed by atoms with Crippen LogP contribution in [0.5, 0.6) is 0 Å². The largest absolute Gasteiger partial charge is 0.423 e. The molecule has 2 aromatic rings. The van der Waals surface area contributed by atoms with Crippen molar-refractivity contribution in [3.63, 3.8) is 0 Å². The molecule has 1 heterocycles. The number of carbonyl (C=O) groups is 1. The van der Waals surface area contributed by atoms with Crippen LogP contribution in [-0.2, 0) is 19.4 Å². The van der Waals surface area contributed by atoms with Gasteiger partial charge in [-0.15, -0.1) is 0 Å². The summed E-state index contributed by atoms with van der Waals surface area (Å²) in [6.45, 7) is 1.61. The van der Waals surface area contributed by atoms with Crippen molar-refractivity contribution in [1.82, 2.24) is 0 Å². The predicted octanol–water partition coefficient (Wildman–Crippen LogP) is 3.74. The van der Waals surface area contributed by atoms with E-state index in [2.05, 4.69) is 0 Å². The molecule has 0 amide bonds. The SMILES string of the molecule is CC=C1OC(=O)C(c2cccc(F)c2)=C1c1ccc(S(C)(=O)=O)cc1F. The minimum Gasteiger partial charge on any atom is -0.423 e. The number of hydrogen-bond acceptors (Lipinski definition) is 4. The molecule has 0 spiro atoms. The van der Waals surface area contributed by atoms with Crippen molar-refractivity contribution in [3.05, 3.63) is 77.1 Å². The van der Waals surface area contributed by atoms with E-state index in [-0.39, 0.29) is 32.9 Å². The molecule has 0 atom stereocenters. The molecule has 2 aromatic carbocycles. The minimum absolute atomic E-state index is 0.00406. The average Bonchev–Trinajstić information content (AvgIpc) is 2.90. The number of benzene rings is 2. The van der Waals surface area contributed by atoms with Gasteiger partial charge in [-0.25, -0.2) is 22.0 Å². The Kier molecular flexibility index (Phi) is 4.50. The maximum atomic E-state index is 14.7. The van der Waals surface area contributed by atoms with Crippen molar-refractivity contribution in [1.29, 1.82) is 0 Å². The zero-order chi connectivity index (χ0) is 19.1. The van der Waals surface area contributed by atoms with E-state index < -0.39 is 27.4 Å². The molecule has 7 heteroatoms. The van der Waals surface area contributed by atoms with Crippen LogP contribution in [0.15, 0.2) is 59.2 Å². The highest BCUT2D eigenvalue weighted by atomic mass is 32.2. The fraction of sp³-hybridized carbons (Fsp3) is 0.105. The first-order valence-corrected chi connectivity index (χ1v) is 9.50. The lowest BCUT2D eigenvalue weighted by atomic mass is 9.94. The van der Waals surface area contributed by atoms with Gasteiger partial charge in [0.2, 0.25) is 0 Å². The van der Waals surface area contributed by atoms with E-state index >= 15 is 0 Å². The number of halogens is 2. The second kappa shape index (κ2) is 6.49. The van der Waals surface area contributed by atoms with E-state index in [0.717, 1.165) is 18.4 Å². The first-order valence-electron chi connectivity index (χ1n) is 7.61. The zero-order valence-corrected chi connectivity index (χ0v) is 14.7. The Morgan fingerprint density at radius 3 is 2.35 bits per heavy atom. The molecule has 3 rings (SSSR count). The number of hydrogen-bond donors (Lipinski definition) is 0. The van der Waals surface area contributed by atoms with Crippen LogP contribution < -0.4 is 0 Å². The van der Waals surface area contributed by atoms with Crippen molar-refractivity contribution < 1.29 is 26.7 Å². The van der Waals surface area contributed by atoms with Gasteiger partial charge in [0.1, 0.15) is 17.4 Å². The Labute approximate surface area is 149 Å². The van der Waals surface area contributed by atoms with Crippen LogP contribution in [0.1, 0.15) is 18.1 Å². The van der Waals surface area contributed by atoms with E-state index in [1.165, 1.54) is 36.4 Å². The molecule has 0 aliphatic carbocycles. The van der Waals surface area contributed by atoms with Crippen LogP contribution in [0.3, 0.4) is 0 Å². The van der Waals surface area contributed by atoms with Gasteiger partial charge in [0, 0.05) is 17.4 Å². The van der Waals surface area contributed by atoms with E-state index in [0.29, 0.717) is 0 Å². The second-order valence-corrected chi connectivity index (χ2v) is 7.73. The molecule has 0 unspecified atom stereocenters. The molecule has 26 heavy (non-hydrogen) atoms. The molecule has 0 saturated heterocycles. The van der Waals surface area contributed by atoms with Gasteiger partial charge >= 0.3 is 5.97 Å². The summed E-state index contributed by atoms with van der Waals surface area (Å²) >= 11 is 0. The van der Waals surface area contributed by atoms with Crippen molar-refractivity contribution in [2.75, 3.05) is 6.26 Å². The van der Waals surface area contributed by atoms with Gasteiger partial charge in [-0.1, -0.05) is 12.1 Å². The summed E-state index contributed by atoms with van der Waals surface area (Å²) in [6.07, 6.45) is 2.46. The molecule has 0 fully saturated rings. The van der Waals surface area contributed by atoms with Crippen molar-refractivity contribution in [2.45, 2.75) is 11.8 Å². The molecule has 4 nitrogen and oxygen atoms in total. The highest BCUT2D eigenvalue weighted by Gasteiger charge is 2.33. The van der Waals surface area contributed by atoms with Gasteiger partial charge < -0.3 is 4.74 Å². The average molecular weight is 376 g/mol. The highest BCUT2D eigenvalue weighted by Crippen LogP contribution is 2.41. The van der Waals surface area contributed by atoms with Gasteiger partial charge in [-0.05, 0) is 48.9 Å². The summed E-state index contributed by atoms with van der Waals surface area (Å²) in [6, 6.07) is 8.73. The molecule has 0 saturated carbocycles. The number of carbonyl (C=O) groups excluding carboxylic acids is 1. The summed E-state index contributed by atoms with van der Waals surface area (Å²) in [7, 11) is -3.59. The van der Waals surface area contributed by atoms with E-state index in [1.54, 1.807) is 6.92 Å². The van der Waals surface area contributed by atoms with Gasteiger partial charge in [-0.2, -0.15) is 0 Å². The standard InChI is InChI=1S/C19H14F2O4S/c1-3-16-18(14-8-7-13(10-15(14)21)26(2,23)24)17(19(22)25-16)11-5-4-6-12(20)9-11/h3-10H,1-2H3. The summed E-state index contributed by atoms with van der Waals surface area (Å²) in [4.78, 5) is 12.1. The lowest BCUT2D eigenvalue weighted by Gasteiger charge is -2.09. The van der Waals surface area contributed by atoms with Crippen LogP contribution >= 0.6 is 0 Å². The normalized spacial score (nSPS) is 16.3. The Balaban J connectivity index is 2.29. The topological polar surface area (TPSA) is 60.4 Å². The second-order valence-electron chi connectivity index (χ2n) is 5.72. The fourth-order valence-electron chi connectivity index (χ4n) is 2.73. The zero-order valence-electron chi connectivity index (χ0n) is 13.9. The molecule has 1 aliphatic heterocycles. The molecular formula is C19H14F2O4S. The number of esters is 1. The highest BCUT2D eigenvalue weighted by molar-refractivity contribution is 7.90. The quantitative estimate of drug-likeness (QED) is 0.766. The number of ether oxygens (including phenoxy) is 1. The van der Waals surface area contributed by atoms with Gasteiger partial charge in [0.05, 0.1) is 10.5 Å². The third-order valence-corrected chi connectivity index (χ3v) is 5.03. The van der Waals surface area contributed by atoms with E-state index in [1.807, 2.05) is 0 Å². The maximum absolute atomic E-state index is 14.7. The molecule has 1 aliphatic rings. The first-order chi connectivity index (χ1) is 12.2. The van der Waals surface area contributed by atoms with Crippen molar-refractivity contribution in [3.8, 4) is 0 Å². The molecule has 0 bridgehead atoms. The summed E-state index contributed by atoms with van der Waals surface area (Å²) in [5.74, 6) is -1.98. The maximum Gasteiger partial charge on any atom is 0.344 e. The minimum atomic E-state index is -3.59. The van der Waals surface area contributed by atoms with Crippen molar-refractivity contribution >= 4 is 27.0 Å². The predicted molar refractivity (Wildman–Crippen MR) is 92.6 cm³/mol. The van der Waals surface area contributed by atoms with E-state index in [4.69, 9.17) is 4.74 Å². The Morgan fingerprint density at radius 2 is 1.77 bits per heavy atom. The number of rotatable bonds is 3. The molecule has 134 valence electrons. The third-order valence-electron chi connectivity index (χ3n) is 3.92. The lowest BCUT2D eigenvalue weighted by molar-refractivity contribution is -0.131. The Hall–Kier alpha value is -2.80. The molecule has 0 aromatic heterocycles. The van der Waals surface area contributed by atoms with Crippen LogP contribution in [-0.4, -0.2) is 20.6 Å². The number of sulfone groups is 1. The van der Waals surface area contributed by atoms with Gasteiger partial charge in [0.15, 0.2) is 9.84 Å². The Morgan fingerprint density at radius 1 is 1.04 bits per heavy atom. The van der Waals surface area contributed by atoms with Crippen LogP contribution in [0.2, 0.25) is 0 Å². The molecular weight excluding hydrogens is 362 g/mol. The number of allylic oxidation sites excluding steroid dienone is 2. The number of cyclic esters (lactones) is 1. The van der Waals surface area contributed by atoms with Gasteiger partial charge in [-0.3, -0.25) is 0 Å². The van der Waals surface area contributed by atoms with Crippen LogP contribution in [0.4, 0.5) is 8.78 Å². The summed E-state index contributed by atoms with van der Waals surface area (Å²) in [5, 5.41) is 0. The first kappa shape index (κ1) is 18.0. The molecule has 0 N–H and O–H groups in total. The van der Waals surface area contributed by atoms with Gasteiger partial charge in [0.25, 0.3) is 0 Å². The lowest BCUT2D eigenvalue weighted by Crippen LogP contribution is -2.01. The monoisotopic (exact) mass is 376 g/mol. The fourth-order valence-corrected chi connectivity index (χ4v) is 3.37. The van der Waals surface area contributed by atoms with Crippen LogP contribution in [0.25, 0.3) is 11.1 Å². The third kappa shape index (κ3) is 3.17. The van der Waals surface area contributed by atoms with Crippen molar-refractivity contribution in [2.24, 2.45) is 0 Å². The molecule has 0 radical (unpaired) electrons. The van der Waals surface area contributed by atoms with Crippen LogP contribution in [0, 0.1) is 11.6 Å². The smallest absolute Gasteiger partial charge is 0.344 e.